The summed E-state index contributed by atoms with van der Waals surface area (Å²) in [5.41, 5.74) is 0. The number of amides is 3. The minimum absolute atomic E-state index is 0.0322. The molecule has 1 rings (SSSR count). The predicted molar refractivity (Wildman–Crippen MR) is 85.1 cm³/mol. The van der Waals surface area contributed by atoms with Crippen molar-refractivity contribution in [1.29, 1.82) is 0 Å². The number of carbonyl (C=O) groups is 3. The van der Waals surface area contributed by atoms with Crippen LogP contribution in [-0.2, 0) is 9.59 Å². The van der Waals surface area contributed by atoms with E-state index < -0.39 is 0 Å². The van der Waals surface area contributed by atoms with Gasteiger partial charge >= 0.3 is 6.03 Å². The highest BCUT2D eigenvalue weighted by atomic mass is 16.3. The van der Waals surface area contributed by atoms with Gasteiger partial charge in [0.25, 0.3) is 6.47 Å². The molecule has 0 saturated carbocycles. The molecule has 23 heavy (non-hydrogen) atoms. The van der Waals surface area contributed by atoms with Gasteiger partial charge < -0.3 is 25.3 Å². The summed E-state index contributed by atoms with van der Waals surface area (Å²) in [5.74, 6) is -0.0322. The molecule has 1 aliphatic rings. The number of hydrogen-bond donors (Lipinski definition) is 3. The second kappa shape index (κ2) is 12.7. The molecule has 0 spiro atoms. The van der Waals surface area contributed by atoms with Crippen molar-refractivity contribution < 1.29 is 24.6 Å². The molecule has 0 radical (unpaired) electrons. The van der Waals surface area contributed by atoms with E-state index in [9.17, 15) is 9.59 Å². The standard InChI is InChI=1S/C13H26N4O3.CH2O2/c1-15(2)13(20)14-11-12(19)17-8-6-16(7-9-17)5-3-4-10-18;2-1-3/h18H,3-11H2,1-2H3,(H,14,20);1H,(H,2,3). The van der Waals surface area contributed by atoms with Gasteiger partial charge in [-0.25, -0.2) is 4.79 Å². The molecule has 134 valence electrons. The number of aliphatic hydroxyl groups excluding tert-OH is 1. The van der Waals surface area contributed by atoms with Crippen LogP contribution in [0.1, 0.15) is 12.8 Å². The average Bonchev–Trinajstić information content (AvgIpc) is 2.53. The van der Waals surface area contributed by atoms with Crippen molar-refractivity contribution in [3.8, 4) is 0 Å². The summed E-state index contributed by atoms with van der Waals surface area (Å²) in [4.78, 5) is 37.1. The zero-order valence-electron chi connectivity index (χ0n) is 13.9. The minimum Gasteiger partial charge on any atom is -0.483 e. The average molecular weight is 332 g/mol. The number of unbranched alkanes of at least 4 members (excludes halogenated alkanes) is 1. The first kappa shape index (κ1) is 21.1. The van der Waals surface area contributed by atoms with E-state index in [0.29, 0.717) is 13.1 Å². The van der Waals surface area contributed by atoms with E-state index in [0.717, 1.165) is 32.5 Å². The van der Waals surface area contributed by atoms with Crippen molar-refractivity contribution in [3.63, 3.8) is 0 Å². The Morgan fingerprint density at radius 1 is 1.17 bits per heavy atom. The van der Waals surface area contributed by atoms with Gasteiger partial charge in [-0.15, -0.1) is 0 Å². The number of nitrogens with one attached hydrogen (secondary N) is 1. The smallest absolute Gasteiger partial charge is 0.317 e. The van der Waals surface area contributed by atoms with Crippen LogP contribution >= 0.6 is 0 Å². The third-order valence-corrected chi connectivity index (χ3v) is 3.40. The molecule has 3 amide bonds. The van der Waals surface area contributed by atoms with Crippen LogP contribution in [-0.4, -0.2) is 103 Å². The van der Waals surface area contributed by atoms with E-state index in [1.165, 1.54) is 4.90 Å². The van der Waals surface area contributed by atoms with Gasteiger partial charge in [0, 0.05) is 46.9 Å². The first-order valence-electron chi connectivity index (χ1n) is 7.60. The molecule has 0 aromatic heterocycles. The number of urea groups is 1. The number of piperazine rings is 1. The normalized spacial score (nSPS) is 14.5. The Bertz CT molecular complexity index is 357. The van der Waals surface area contributed by atoms with E-state index >= 15 is 0 Å². The first-order valence-corrected chi connectivity index (χ1v) is 7.60. The van der Waals surface area contributed by atoms with Gasteiger partial charge in [-0.3, -0.25) is 14.5 Å². The third kappa shape index (κ3) is 9.69. The van der Waals surface area contributed by atoms with Crippen LogP contribution in [0.5, 0.6) is 0 Å². The molecule has 9 nitrogen and oxygen atoms in total. The highest BCUT2D eigenvalue weighted by Gasteiger charge is 2.20. The molecule has 0 aromatic carbocycles. The number of nitrogens with zero attached hydrogens (tertiary/aromatic N) is 3. The lowest BCUT2D eigenvalue weighted by molar-refractivity contribution is -0.131. The summed E-state index contributed by atoms with van der Waals surface area (Å²) < 4.78 is 0. The molecule has 0 aliphatic carbocycles. The summed E-state index contributed by atoms with van der Waals surface area (Å²) in [6.45, 7) is 4.15. The molecule has 1 saturated heterocycles. The topological polar surface area (TPSA) is 113 Å². The van der Waals surface area contributed by atoms with Gasteiger partial charge in [-0.05, 0) is 19.4 Å². The summed E-state index contributed by atoms with van der Waals surface area (Å²) >= 11 is 0. The van der Waals surface area contributed by atoms with Crippen LogP contribution in [0.4, 0.5) is 4.79 Å². The van der Waals surface area contributed by atoms with E-state index in [4.69, 9.17) is 15.0 Å². The third-order valence-electron chi connectivity index (χ3n) is 3.40. The number of aliphatic hydroxyl groups is 1. The molecule has 1 aliphatic heterocycles. The zero-order chi connectivity index (χ0) is 17.7. The number of carbonyl (C=O) groups excluding carboxylic acids is 2. The fourth-order valence-electron chi connectivity index (χ4n) is 2.09. The van der Waals surface area contributed by atoms with Gasteiger partial charge in [-0.1, -0.05) is 0 Å². The van der Waals surface area contributed by atoms with Gasteiger partial charge in [0.2, 0.25) is 5.91 Å². The maximum atomic E-state index is 11.9. The predicted octanol–water partition coefficient (Wildman–Crippen LogP) is -1.12. The lowest BCUT2D eigenvalue weighted by atomic mass is 10.2. The number of carboxylic acid groups (broad SMARTS) is 1. The first-order chi connectivity index (χ1) is 11.0. The van der Waals surface area contributed by atoms with Crippen LogP contribution in [0, 0.1) is 0 Å². The monoisotopic (exact) mass is 332 g/mol. The zero-order valence-corrected chi connectivity index (χ0v) is 13.9. The maximum absolute atomic E-state index is 11.9. The van der Waals surface area contributed by atoms with Crippen molar-refractivity contribution in [3.05, 3.63) is 0 Å². The van der Waals surface area contributed by atoms with Gasteiger partial charge in [-0.2, -0.15) is 0 Å². The minimum atomic E-state index is -0.250. The Labute approximate surface area is 136 Å². The molecule has 0 atom stereocenters. The largest absolute Gasteiger partial charge is 0.483 e. The van der Waals surface area contributed by atoms with Gasteiger partial charge in [0.05, 0.1) is 6.54 Å². The number of hydrogen-bond acceptors (Lipinski definition) is 5. The van der Waals surface area contributed by atoms with Crippen molar-refractivity contribution in [1.82, 2.24) is 20.0 Å². The second-order valence-corrected chi connectivity index (χ2v) is 5.31. The second-order valence-electron chi connectivity index (χ2n) is 5.31. The fourth-order valence-corrected chi connectivity index (χ4v) is 2.09. The molecule has 0 unspecified atom stereocenters. The fraction of sp³-hybridized carbons (Fsp3) is 0.786. The van der Waals surface area contributed by atoms with Crippen molar-refractivity contribution in [2.45, 2.75) is 12.8 Å². The van der Waals surface area contributed by atoms with Crippen LogP contribution in [0.25, 0.3) is 0 Å². The highest BCUT2D eigenvalue weighted by molar-refractivity contribution is 5.83. The number of rotatable bonds is 6. The van der Waals surface area contributed by atoms with Crippen molar-refractivity contribution in [2.75, 3.05) is 60.0 Å². The quantitative estimate of drug-likeness (QED) is 0.419. The summed E-state index contributed by atoms with van der Waals surface area (Å²) in [6, 6.07) is -0.249. The Morgan fingerprint density at radius 2 is 1.74 bits per heavy atom. The van der Waals surface area contributed by atoms with Gasteiger partial charge in [0.15, 0.2) is 0 Å². The Kier molecular flexibility index (Phi) is 11.6. The van der Waals surface area contributed by atoms with Crippen molar-refractivity contribution >= 4 is 18.4 Å². The van der Waals surface area contributed by atoms with E-state index in [1.807, 2.05) is 0 Å². The van der Waals surface area contributed by atoms with Crippen LogP contribution in [0.2, 0.25) is 0 Å². The Hall–Kier alpha value is -1.87. The molecular formula is C14H28N4O5. The van der Waals surface area contributed by atoms with Crippen molar-refractivity contribution in [2.24, 2.45) is 0 Å². The van der Waals surface area contributed by atoms with Crippen LogP contribution in [0.15, 0.2) is 0 Å². The lowest BCUT2D eigenvalue weighted by Crippen LogP contribution is -2.51. The van der Waals surface area contributed by atoms with Crippen LogP contribution in [0.3, 0.4) is 0 Å². The molecule has 1 fully saturated rings. The maximum Gasteiger partial charge on any atom is 0.317 e. The molecule has 1 heterocycles. The van der Waals surface area contributed by atoms with Gasteiger partial charge in [0.1, 0.15) is 0 Å². The summed E-state index contributed by atoms with van der Waals surface area (Å²) in [7, 11) is 3.29. The van der Waals surface area contributed by atoms with E-state index in [-0.39, 0.29) is 31.6 Å². The summed E-state index contributed by atoms with van der Waals surface area (Å²) in [5, 5.41) is 18.2. The highest BCUT2D eigenvalue weighted by Crippen LogP contribution is 2.03. The van der Waals surface area contributed by atoms with Crippen LogP contribution < -0.4 is 5.32 Å². The lowest BCUT2D eigenvalue weighted by Gasteiger charge is -2.34. The Balaban J connectivity index is 0.00000149. The SMILES string of the molecule is CN(C)C(=O)NCC(=O)N1CCN(CCCCO)CC1.O=CO. The Morgan fingerprint density at radius 3 is 2.22 bits per heavy atom. The van der Waals surface area contributed by atoms with E-state index in [2.05, 4.69) is 10.2 Å². The molecule has 0 bridgehead atoms. The molecule has 0 aromatic rings. The summed E-state index contributed by atoms with van der Waals surface area (Å²) in [6.07, 6.45) is 1.82. The molecular weight excluding hydrogens is 304 g/mol. The van der Waals surface area contributed by atoms with E-state index in [1.54, 1.807) is 19.0 Å². The molecule has 3 N–H and O–H groups in total. The molecule has 9 heteroatoms.